The van der Waals surface area contributed by atoms with E-state index in [9.17, 15) is 9.59 Å². The predicted octanol–water partition coefficient (Wildman–Crippen LogP) is 0.876. The molecule has 0 aromatic heterocycles. The fraction of sp³-hybridized carbons (Fsp3) is 0.636. The molecule has 0 aliphatic carbocycles. The van der Waals surface area contributed by atoms with Crippen LogP contribution < -0.4 is 5.73 Å². The maximum absolute atomic E-state index is 10.8. The largest absolute Gasteiger partial charge is 0.487 e. The minimum absolute atomic E-state index is 0.106. The van der Waals surface area contributed by atoms with Crippen LogP contribution in [0.4, 0.5) is 0 Å². The summed E-state index contributed by atoms with van der Waals surface area (Å²) in [7, 11) is 0. The minimum atomic E-state index is -0.326. The van der Waals surface area contributed by atoms with E-state index < -0.39 is 0 Å². The molecule has 5 nitrogen and oxygen atoms in total. The Labute approximate surface area is 94.6 Å². The lowest BCUT2D eigenvalue weighted by Gasteiger charge is -2.05. The predicted molar refractivity (Wildman–Crippen MR) is 57.2 cm³/mol. The maximum Gasteiger partial charge on any atom is 0.307 e. The Kier molecular flexibility index (Phi) is 4.49. The second-order valence-corrected chi connectivity index (χ2v) is 3.74. The summed E-state index contributed by atoms with van der Waals surface area (Å²) < 4.78 is 9.63. The normalized spacial score (nSPS) is 27.8. The van der Waals surface area contributed by atoms with Crippen LogP contribution in [0.15, 0.2) is 11.8 Å². The summed E-state index contributed by atoms with van der Waals surface area (Å²) in [5, 5.41) is 0. The lowest BCUT2D eigenvalue weighted by Crippen LogP contribution is -2.17. The van der Waals surface area contributed by atoms with E-state index in [1.807, 2.05) is 6.92 Å². The Morgan fingerprint density at radius 1 is 1.44 bits per heavy atom. The summed E-state index contributed by atoms with van der Waals surface area (Å²) in [6, 6.07) is 0. The Bertz CT molecular complexity index is 311. The molecule has 90 valence electrons. The number of carbonyl (C=O) groups excluding carboxylic acids is 2. The van der Waals surface area contributed by atoms with Gasteiger partial charge in [-0.3, -0.25) is 15.3 Å². The van der Waals surface area contributed by atoms with Gasteiger partial charge in [-0.2, -0.15) is 0 Å². The monoisotopic (exact) mass is 227 g/mol. The van der Waals surface area contributed by atoms with E-state index in [2.05, 4.69) is 4.74 Å². The van der Waals surface area contributed by atoms with Gasteiger partial charge in [-0.1, -0.05) is 6.92 Å². The highest BCUT2D eigenvalue weighted by atomic mass is 16.6. The van der Waals surface area contributed by atoms with Crippen molar-refractivity contribution in [2.75, 3.05) is 0 Å². The summed E-state index contributed by atoms with van der Waals surface area (Å²) in [5.41, 5.74) is 5.18. The zero-order chi connectivity index (χ0) is 12.1. The summed E-state index contributed by atoms with van der Waals surface area (Å²) in [6.07, 6.45) is 2.97. The molecule has 0 radical (unpaired) electrons. The number of carbonyl (C=O) groups is 2. The average Bonchev–Trinajstić information content (AvgIpc) is 2.73. The molecule has 2 aliphatic heterocycles. The number of allylic oxidation sites excluding steroid dienone is 1. The molecule has 0 bridgehead atoms. The number of nitrogens with two attached hydrogens (primary N) is 1. The highest BCUT2D eigenvalue weighted by molar-refractivity contribution is 5.95. The van der Waals surface area contributed by atoms with Gasteiger partial charge in [0.05, 0.1) is 12.2 Å². The van der Waals surface area contributed by atoms with E-state index in [0.29, 0.717) is 12.8 Å². The molecule has 0 spiro atoms. The highest BCUT2D eigenvalue weighted by Crippen LogP contribution is 2.14. The summed E-state index contributed by atoms with van der Waals surface area (Å²) in [4.78, 5) is 21.0. The number of rotatable bonds is 1. The third-order valence-electron chi connectivity index (χ3n) is 2.28. The van der Waals surface area contributed by atoms with Gasteiger partial charge in [-0.05, 0) is 13.3 Å². The van der Waals surface area contributed by atoms with Crippen LogP contribution >= 0.6 is 0 Å². The van der Waals surface area contributed by atoms with E-state index in [1.165, 1.54) is 0 Å². The van der Waals surface area contributed by atoms with Crippen molar-refractivity contribution in [2.45, 2.75) is 45.4 Å². The molecule has 0 amide bonds. The van der Waals surface area contributed by atoms with Gasteiger partial charge in [0.2, 0.25) is 0 Å². The van der Waals surface area contributed by atoms with Gasteiger partial charge in [-0.25, -0.2) is 0 Å². The minimum Gasteiger partial charge on any atom is -0.487 e. The van der Waals surface area contributed by atoms with Crippen LogP contribution in [0.3, 0.4) is 0 Å². The van der Waals surface area contributed by atoms with E-state index in [4.69, 9.17) is 10.5 Å². The third kappa shape index (κ3) is 3.66. The fourth-order valence-corrected chi connectivity index (χ4v) is 1.44. The summed E-state index contributed by atoms with van der Waals surface area (Å²) >= 11 is 0. The van der Waals surface area contributed by atoms with Crippen LogP contribution in [-0.2, 0) is 19.1 Å². The van der Waals surface area contributed by atoms with Crippen LogP contribution in [0.1, 0.15) is 33.1 Å². The Balaban J connectivity index is 0.000000165. The average molecular weight is 227 g/mol. The fourth-order valence-electron chi connectivity index (χ4n) is 1.44. The quantitative estimate of drug-likeness (QED) is 0.672. The van der Waals surface area contributed by atoms with Gasteiger partial charge < -0.3 is 9.47 Å². The summed E-state index contributed by atoms with van der Waals surface area (Å²) in [5.74, 6) is 0.675. The van der Waals surface area contributed by atoms with Gasteiger partial charge in [0, 0.05) is 12.5 Å². The first-order valence-corrected chi connectivity index (χ1v) is 5.36. The molecule has 1 fully saturated rings. The Morgan fingerprint density at radius 3 is 2.31 bits per heavy atom. The number of esters is 1. The third-order valence-corrected chi connectivity index (χ3v) is 2.28. The summed E-state index contributed by atoms with van der Waals surface area (Å²) in [6.45, 7) is 3.74. The molecule has 2 unspecified atom stereocenters. The van der Waals surface area contributed by atoms with Gasteiger partial charge in [-0.15, -0.1) is 0 Å². The van der Waals surface area contributed by atoms with Crippen molar-refractivity contribution in [3.63, 3.8) is 0 Å². The number of ketones is 1. The lowest BCUT2D eigenvalue weighted by atomic mass is 10.2. The molecule has 2 N–H and O–H groups in total. The van der Waals surface area contributed by atoms with Gasteiger partial charge in [0.25, 0.3) is 0 Å². The molecule has 1 saturated heterocycles. The van der Waals surface area contributed by atoms with Crippen molar-refractivity contribution < 1.29 is 19.1 Å². The smallest absolute Gasteiger partial charge is 0.307 e. The highest BCUT2D eigenvalue weighted by Gasteiger charge is 2.21. The molecule has 5 heteroatoms. The zero-order valence-corrected chi connectivity index (χ0v) is 9.56. The van der Waals surface area contributed by atoms with E-state index in [0.717, 1.165) is 12.2 Å². The van der Waals surface area contributed by atoms with Crippen LogP contribution in [0, 0.1) is 0 Å². The molecule has 2 aliphatic rings. The maximum atomic E-state index is 10.8. The molecule has 16 heavy (non-hydrogen) atoms. The molecule has 0 aromatic carbocycles. The van der Waals surface area contributed by atoms with Crippen LogP contribution in [0.5, 0.6) is 0 Å². The van der Waals surface area contributed by atoms with Crippen LogP contribution in [-0.4, -0.2) is 24.1 Å². The van der Waals surface area contributed by atoms with Gasteiger partial charge >= 0.3 is 5.97 Å². The standard InChI is InChI=1S/C7H10O2.C4H7NO2/c1-3-7-6(8)4-5(2)9-7;5-3-1-2-4(6)7-3/h4,7H,3H2,1-2H3;3H,1-2,5H2. The van der Waals surface area contributed by atoms with Gasteiger partial charge in [0.15, 0.2) is 18.1 Å². The van der Waals surface area contributed by atoms with Crippen LogP contribution in [0.2, 0.25) is 0 Å². The number of ether oxygens (including phenoxy) is 2. The van der Waals surface area contributed by atoms with E-state index >= 15 is 0 Å². The first-order valence-electron chi connectivity index (χ1n) is 5.36. The molecule has 2 rings (SSSR count). The Hall–Kier alpha value is -1.36. The molecule has 0 aromatic rings. The molecule has 0 saturated carbocycles. The zero-order valence-electron chi connectivity index (χ0n) is 9.56. The van der Waals surface area contributed by atoms with Crippen LogP contribution in [0.25, 0.3) is 0 Å². The van der Waals surface area contributed by atoms with Crippen molar-refractivity contribution in [2.24, 2.45) is 5.73 Å². The molecule has 2 heterocycles. The number of hydrogen-bond donors (Lipinski definition) is 1. The lowest BCUT2D eigenvalue weighted by molar-refractivity contribution is -0.141. The SMILES string of the molecule is CCC1OC(C)=CC1=O.NC1CCC(=O)O1. The number of hydrogen-bond acceptors (Lipinski definition) is 5. The van der Waals surface area contributed by atoms with Crippen molar-refractivity contribution in [1.29, 1.82) is 0 Å². The Morgan fingerprint density at radius 2 is 2.12 bits per heavy atom. The number of cyclic esters (lactones) is 1. The molecular weight excluding hydrogens is 210 g/mol. The van der Waals surface area contributed by atoms with Crippen molar-refractivity contribution in [3.8, 4) is 0 Å². The van der Waals surface area contributed by atoms with Gasteiger partial charge in [0.1, 0.15) is 0 Å². The molecular formula is C11H17NO4. The van der Waals surface area contributed by atoms with Crippen molar-refractivity contribution in [3.05, 3.63) is 11.8 Å². The van der Waals surface area contributed by atoms with Crippen molar-refractivity contribution >= 4 is 11.8 Å². The van der Waals surface area contributed by atoms with E-state index in [1.54, 1.807) is 13.0 Å². The second kappa shape index (κ2) is 5.65. The second-order valence-electron chi connectivity index (χ2n) is 3.74. The topological polar surface area (TPSA) is 78.6 Å². The van der Waals surface area contributed by atoms with Crippen molar-refractivity contribution in [1.82, 2.24) is 0 Å². The molecule has 2 atom stereocenters. The first kappa shape index (κ1) is 12.7. The first-order chi connectivity index (χ1) is 7.52. The van der Waals surface area contributed by atoms with E-state index in [-0.39, 0.29) is 24.1 Å².